The predicted molar refractivity (Wildman–Crippen MR) is 84.2 cm³/mol. The standard InChI is InChI=1S/C17H12F4N2O3/c18-13-4-2-1-3-12(13)14-9-15(26-23-14)16(24)22-10-5-7-11(8-6-10)25-17(19,20)21/h1-8,15H,9H2,(H,22,24)/t15-/m0/s1. The lowest BCUT2D eigenvalue weighted by molar-refractivity contribution is -0.274. The molecule has 0 saturated heterocycles. The van der Waals surface area contributed by atoms with Gasteiger partial charge in [-0.2, -0.15) is 0 Å². The van der Waals surface area contributed by atoms with Gasteiger partial charge in [0.1, 0.15) is 11.6 Å². The lowest BCUT2D eigenvalue weighted by atomic mass is 10.0. The number of hydrogen-bond acceptors (Lipinski definition) is 4. The number of nitrogens with zero attached hydrogens (tertiary/aromatic N) is 1. The Balaban J connectivity index is 1.59. The molecule has 0 bridgehead atoms. The number of carbonyl (C=O) groups is 1. The number of ether oxygens (including phenoxy) is 1. The van der Waals surface area contributed by atoms with Gasteiger partial charge in [0.2, 0.25) is 6.10 Å². The van der Waals surface area contributed by atoms with Gasteiger partial charge in [-0.3, -0.25) is 4.79 Å². The molecule has 0 fully saturated rings. The predicted octanol–water partition coefficient (Wildman–Crippen LogP) is 3.86. The van der Waals surface area contributed by atoms with Crippen LogP contribution < -0.4 is 10.1 Å². The van der Waals surface area contributed by atoms with Gasteiger partial charge < -0.3 is 14.9 Å². The van der Waals surface area contributed by atoms with E-state index in [1.807, 2.05) is 0 Å². The average Bonchev–Trinajstić information content (AvgIpc) is 3.06. The maximum Gasteiger partial charge on any atom is 0.573 e. The topological polar surface area (TPSA) is 59.9 Å². The van der Waals surface area contributed by atoms with Gasteiger partial charge in [-0.15, -0.1) is 13.2 Å². The van der Waals surface area contributed by atoms with Crippen LogP contribution in [-0.2, 0) is 9.63 Å². The van der Waals surface area contributed by atoms with Crippen LogP contribution >= 0.6 is 0 Å². The van der Waals surface area contributed by atoms with Gasteiger partial charge in [0.05, 0.1) is 5.71 Å². The smallest absolute Gasteiger partial charge is 0.406 e. The van der Waals surface area contributed by atoms with Gasteiger partial charge in [-0.05, 0) is 30.3 Å². The molecule has 26 heavy (non-hydrogen) atoms. The average molecular weight is 368 g/mol. The molecule has 0 aliphatic carbocycles. The molecule has 0 spiro atoms. The number of hydrogen-bond donors (Lipinski definition) is 1. The monoisotopic (exact) mass is 368 g/mol. The highest BCUT2D eigenvalue weighted by Gasteiger charge is 2.31. The number of benzene rings is 2. The lowest BCUT2D eigenvalue weighted by Crippen LogP contribution is -2.28. The number of carbonyl (C=O) groups excluding carboxylic acids is 1. The molecule has 1 aliphatic heterocycles. The zero-order chi connectivity index (χ0) is 18.7. The van der Waals surface area contributed by atoms with E-state index in [1.54, 1.807) is 6.07 Å². The van der Waals surface area contributed by atoms with Crippen molar-refractivity contribution >= 4 is 17.3 Å². The number of amides is 1. The molecular formula is C17H12F4N2O3. The van der Waals surface area contributed by atoms with Crippen molar-refractivity contribution < 1.29 is 31.9 Å². The molecule has 1 atom stereocenters. The van der Waals surface area contributed by atoms with Crippen molar-refractivity contribution in [3.05, 3.63) is 59.9 Å². The van der Waals surface area contributed by atoms with Crippen LogP contribution in [0.2, 0.25) is 0 Å². The number of rotatable bonds is 4. The van der Waals surface area contributed by atoms with E-state index in [9.17, 15) is 22.4 Å². The van der Waals surface area contributed by atoms with E-state index in [-0.39, 0.29) is 17.7 Å². The largest absolute Gasteiger partial charge is 0.573 e. The zero-order valence-electron chi connectivity index (χ0n) is 13.1. The fraction of sp³-hybridized carbons (Fsp3) is 0.176. The van der Waals surface area contributed by atoms with Crippen LogP contribution in [0.1, 0.15) is 12.0 Å². The molecule has 1 aliphatic rings. The van der Waals surface area contributed by atoms with Gasteiger partial charge in [0.25, 0.3) is 5.91 Å². The molecule has 0 saturated carbocycles. The Morgan fingerprint density at radius 3 is 2.50 bits per heavy atom. The van der Waals surface area contributed by atoms with Crippen molar-refractivity contribution in [2.24, 2.45) is 5.16 Å². The van der Waals surface area contributed by atoms with Crippen molar-refractivity contribution in [2.45, 2.75) is 18.9 Å². The highest BCUT2D eigenvalue weighted by Crippen LogP contribution is 2.25. The van der Waals surface area contributed by atoms with Gasteiger partial charge in [-0.25, -0.2) is 4.39 Å². The first-order valence-corrected chi connectivity index (χ1v) is 7.46. The summed E-state index contributed by atoms with van der Waals surface area (Å²) >= 11 is 0. The van der Waals surface area contributed by atoms with Crippen LogP contribution in [0.4, 0.5) is 23.2 Å². The van der Waals surface area contributed by atoms with E-state index in [1.165, 1.54) is 30.3 Å². The number of oxime groups is 1. The van der Waals surface area contributed by atoms with E-state index in [0.29, 0.717) is 5.71 Å². The minimum atomic E-state index is -4.79. The first kappa shape index (κ1) is 17.7. The SMILES string of the molecule is O=C(Nc1ccc(OC(F)(F)F)cc1)[C@@H]1CC(c2ccccc2F)=NO1. The Bertz CT molecular complexity index is 835. The molecule has 1 heterocycles. The van der Waals surface area contributed by atoms with Crippen LogP contribution in [0.15, 0.2) is 53.7 Å². The molecule has 3 rings (SSSR count). The normalized spacial score (nSPS) is 16.6. The molecule has 9 heteroatoms. The minimum absolute atomic E-state index is 0.0715. The lowest BCUT2D eigenvalue weighted by Gasteiger charge is -2.11. The molecule has 1 amide bonds. The van der Waals surface area contributed by atoms with E-state index >= 15 is 0 Å². The summed E-state index contributed by atoms with van der Waals surface area (Å²) in [4.78, 5) is 17.2. The van der Waals surface area contributed by atoms with Crippen molar-refractivity contribution in [3.8, 4) is 5.75 Å². The van der Waals surface area contributed by atoms with Crippen LogP contribution in [-0.4, -0.2) is 24.1 Å². The molecule has 0 radical (unpaired) electrons. The summed E-state index contributed by atoms with van der Waals surface area (Å²) in [5.41, 5.74) is 0.807. The van der Waals surface area contributed by atoms with Crippen molar-refractivity contribution in [1.29, 1.82) is 0 Å². The molecular weight excluding hydrogens is 356 g/mol. The van der Waals surface area contributed by atoms with Gasteiger partial charge >= 0.3 is 6.36 Å². The maximum atomic E-state index is 13.7. The number of halogens is 4. The van der Waals surface area contributed by atoms with Crippen LogP contribution in [0.5, 0.6) is 5.75 Å². The Hall–Kier alpha value is -3.10. The molecule has 5 nitrogen and oxygen atoms in total. The highest BCUT2D eigenvalue weighted by atomic mass is 19.4. The van der Waals surface area contributed by atoms with Crippen molar-refractivity contribution in [2.75, 3.05) is 5.32 Å². The van der Waals surface area contributed by atoms with Crippen molar-refractivity contribution in [1.82, 2.24) is 0 Å². The second kappa shape index (κ2) is 7.03. The van der Waals surface area contributed by atoms with Gasteiger partial charge in [0.15, 0.2) is 0 Å². The molecule has 0 unspecified atom stereocenters. The summed E-state index contributed by atoms with van der Waals surface area (Å²) in [6.07, 6.45) is -5.68. The number of anilines is 1. The van der Waals surface area contributed by atoms with Crippen LogP contribution in [0, 0.1) is 5.82 Å². The van der Waals surface area contributed by atoms with Crippen LogP contribution in [0.25, 0.3) is 0 Å². The van der Waals surface area contributed by atoms with E-state index in [2.05, 4.69) is 15.2 Å². The second-order valence-corrected chi connectivity index (χ2v) is 5.38. The second-order valence-electron chi connectivity index (χ2n) is 5.38. The summed E-state index contributed by atoms with van der Waals surface area (Å²) in [6.45, 7) is 0. The number of nitrogens with one attached hydrogen (secondary N) is 1. The third kappa shape index (κ3) is 4.29. The summed E-state index contributed by atoms with van der Waals surface area (Å²) in [5.74, 6) is -1.43. The van der Waals surface area contributed by atoms with E-state index < -0.39 is 29.9 Å². The number of alkyl halides is 3. The summed E-state index contributed by atoms with van der Waals surface area (Å²) in [7, 11) is 0. The van der Waals surface area contributed by atoms with Crippen LogP contribution in [0.3, 0.4) is 0 Å². The minimum Gasteiger partial charge on any atom is -0.406 e. The third-order valence-electron chi connectivity index (χ3n) is 3.50. The Labute approximate surface area is 145 Å². The summed E-state index contributed by atoms with van der Waals surface area (Å²) in [6, 6.07) is 10.6. The molecule has 1 N–H and O–H groups in total. The maximum absolute atomic E-state index is 13.7. The fourth-order valence-corrected chi connectivity index (χ4v) is 2.34. The highest BCUT2D eigenvalue weighted by molar-refractivity contribution is 6.06. The molecule has 0 aromatic heterocycles. The first-order chi connectivity index (χ1) is 12.3. The summed E-state index contributed by atoms with van der Waals surface area (Å²) < 4.78 is 53.8. The zero-order valence-corrected chi connectivity index (χ0v) is 13.1. The fourth-order valence-electron chi connectivity index (χ4n) is 2.34. The van der Waals surface area contributed by atoms with Gasteiger partial charge in [0, 0.05) is 17.7 Å². The Kier molecular flexibility index (Phi) is 4.79. The van der Waals surface area contributed by atoms with E-state index in [0.717, 1.165) is 12.1 Å². The summed E-state index contributed by atoms with van der Waals surface area (Å²) in [5, 5.41) is 6.23. The Morgan fingerprint density at radius 2 is 1.85 bits per heavy atom. The first-order valence-electron chi connectivity index (χ1n) is 7.46. The quantitative estimate of drug-likeness (QED) is 0.834. The van der Waals surface area contributed by atoms with E-state index in [4.69, 9.17) is 4.84 Å². The third-order valence-corrected chi connectivity index (χ3v) is 3.50. The Morgan fingerprint density at radius 1 is 1.15 bits per heavy atom. The molecule has 136 valence electrons. The molecule has 2 aromatic carbocycles. The van der Waals surface area contributed by atoms with Gasteiger partial charge in [-0.1, -0.05) is 23.4 Å². The molecule has 2 aromatic rings. The van der Waals surface area contributed by atoms with Crippen molar-refractivity contribution in [3.63, 3.8) is 0 Å².